The van der Waals surface area contributed by atoms with Crippen LogP contribution in [0, 0.1) is 5.82 Å². The van der Waals surface area contributed by atoms with Gasteiger partial charge in [-0.15, -0.1) is 0 Å². The van der Waals surface area contributed by atoms with Crippen molar-refractivity contribution in [3.63, 3.8) is 0 Å². The second-order valence-electron chi connectivity index (χ2n) is 4.39. The number of carbonyl (C=O) groups is 1. The Kier molecular flexibility index (Phi) is 4.69. The Labute approximate surface area is 111 Å². The number of hydrogen-bond donors (Lipinski definition) is 1. The van der Waals surface area contributed by atoms with E-state index >= 15 is 0 Å². The first-order chi connectivity index (χ1) is 8.66. The number of nitrogens with zero attached hydrogens (tertiary/aromatic N) is 1. The van der Waals surface area contributed by atoms with E-state index in [-0.39, 0.29) is 10.8 Å². The number of nitrogens with one attached hydrogen (secondary N) is 1. The van der Waals surface area contributed by atoms with Crippen molar-refractivity contribution in [2.24, 2.45) is 0 Å². The number of carbonyl (C=O) groups excluding carboxylic acids is 1. The van der Waals surface area contributed by atoms with E-state index in [0.29, 0.717) is 12.0 Å². The maximum absolute atomic E-state index is 13.0. The molecule has 1 aliphatic heterocycles. The normalized spacial score (nSPS) is 16.8. The summed E-state index contributed by atoms with van der Waals surface area (Å²) in [5, 5.41) is 3.26. The van der Waals surface area contributed by atoms with Crippen LogP contribution >= 0.6 is 11.6 Å². The van der Waals surface area contributed by atoms with E-state index in [1.165, 1.54) is 18.2 Å². The van der Waals surface area contributed by atoms with Gasteiger partial charge in [-0.1, -0.05) is 11.6 Å². The Balaban J connectivity index is 1.88. The molecule has 0 amide bonds. The van der Waals surface area contributed by atoms with Gasteiger partial charge in [-0.3, -0.25) is 4.79 Å². The second kappa shape index (κ2) is 6.27. The highest BCUT2D eigenvalue weighted by atomic mass is 35.5. The molecule has 0 atom stereocenters. The summed E-state index contributed by atoms with van der Waals surface area (Å²) in [6.07, 6.45) is 0.446. The third kappa shape index (κ3) is 3.51. The fraction of sp³-hybridized carbons (Fsp3) is 0.462. The molecule has 1 aromatic rings. The third-order valence-electron chi connectivity index (χ3n) is 3.11. The van der Waals surface area contributed by atoms with Gasteiger partial charge in [-0.2, -0.15) is 0 Å². The van der Waals surface area contributed by atoms with E-state index < -0.39 is 5.82 Å². The number of ketones is 1. The standard InChI is InChI=1S/C13H16ClFN2O/c14-11-9-10(1-2-12(11)15)13(18)3-6-17-7-4-16-5-8-17/h1-2,9,16H,3-8H2. The number of hydrogen-bond acceptors (Lipinski definition) is 3. The van der Waals surface area contributed by atoms with Crippen molar-refractivity contribution in [3.05, 3.63) is 34.6 Å². The third-order valence-corrected chi connectivity index (χ3v) is 3.40. The number of benzene rings is 1. The Morgan fingerprint density at radius 1 is 1.39 bits per heavy atom. The highest BCUT2D eigenvalue weighted by Crippen LogP contribution is 2.17. The minimum absolute atomic E-state index is 0.00280. The highest BCUT2D eigenvalue weighted by molar-refractivity contribution is 6.31. The van der Waals surface area contributed by atoms with Crippen molar-refractivity contribution in [1.82, 2.24) is 10.2 Å². The molecule has 0 aromatic heterocycles. The van der Waals surface area contributed by atoms with Gasteiger partial charge in [0.15, 0.2) is 5.78 Å². The molecular formula is C13H16ClFN2O. The molecule has 1 heterocycles. The van der Waals surface area contributed by atoms with Crippen LogP contribution in [0.4, 0.5) is 4.39 Å². The van der Waals surface area contributed by atoms with Gasteiger partial charge < -0.3 is 10.2 Å². The molecular weight excluding hydrogens is 255 g/mol. The summed E-state index contributed by atoms with van der Waals surface area (Å²) in [4.78, 5) is 14.2. The van der Waals surface area contributed by atoms with Gasteiger partial charge in [-0.25, -0.2) is 4.39 Å². The van der Waals surface area contributed by atoms with Crippen molar-refractivity contribution in [1.29, 1.82) is 0 Å². The van der Waals surface area contributed by atoms with E-state index in [0.717, 1.165) is 32.7 Å². The molecule has 0 bridgehead atoms. The first kappa shape index (κ1) is 13.5. The van der Waals surface area contributed by atoms with Crippen molar-refractivity contribution in [2.75, 3.05) is 32.7 Å². The van der Waals surface area contributed by atoms with Crippen LogP contribution in [0.3, 0.4) is 0 Å². The average Bonchev–Trinajstić information content (AvgIpc) is 2.40. The van der Waals surface area contributed by atoms with Gasteiger partial charge >= 0.3 is 0 Å². The lowest BCUT2D eigenvalue weighted by Gasteiger charge is -2.26. The molecule has 1 N–H and O–H groups in total. The van der Waals surface area contributed by atoms with E-state index in [1.54, 1.807) is 0 Å². The number of rotatable bonds is 4. The minimum atomic E-state index is -0.490. The summed E-state index contributed by atoms with van der Waals surface area (Å²) in [6.45, 7) is 4.62. The van der Waals surface area contributed by atoms with Crippen molar-refractivity contribution in [2.45, 2.75) is 6.42 Å². The highest BCUT2D eigenvalue weighted by Gasteiger charge is 2.13. The van der Waals surface area contributed by atoms with Crippen LogP contribution in [0.1, 0.15) is 16.8 Å². The first-order valence-electron chi connectivity index (χ1n) is 6.08. The van der Waals surface area contributed by atoms with E-state index in [9.17, 15) is 9.18 Å². The molecule has 1 aliphatic rings. The largest absolute Gasteiger partial charge is 0.314 e. The zero-order valence-corrected chi connectivity index (χ0v) is 10.8. The Morgan fingerprint density at radius 2 is 2.11 bits per heavy atom. The summed E-state index contributed by atoms with van der Waals surface area (Å²) in [5.41, 5.74) is 0.483. The predicted molar refractivity (Wildman–Crippen MR) is 69.7 cm³/mol. The summed E-state index contributed by atoms with van der Waals surface area (Å²) in [7, 11) is 0. The van der Waals surface area contributed by atoms with Crippen molar-refractivity contribution >= 4 is 17.4 Å². The van der Waals surface area contributed by atoms with E-state index in [1.807, 2.05) is 0 Å². The topological polar surface area (TPSA) is 32.3 Å². The number of piperazine rings is 1. The van der Waals surface area contributed by atoms with Crippen LogP contribution in [0.25, 0.3) is 0 Å². The van der Waals surface area contributed by atoms with Crippen LogP contribution in [-0.4, -0.2) is 43.4 Å². The zero-order chi connectivity index (χ0) is 13.0. The smallest absolute Gasteiger partial charge is 0.164 e. The zero-order valence-electron chi connectivity index (χ0n) is 10.1. The van der Waals surface area contributed by atoms with E-state index in [4.69, 9.17) is 11.6 Å². The SMILES string of the molecule is O=C(CCN1CCNCC1)c1ccc(F)c(Cl)c1. The molecule has 1 aromatic carbocycles. The van der Waals surface area contributed by atoms with Crippen LogP contribution in [0.15, 0.2) is 18.2 Å². The van der Waals surface area contributed by atoms with Gasteiger partial charge in [0.1, 0.15) is 5.82 Å². The molecule has 0 saturated carbocycles. The Morgan fingerprint density at radius 3 is 2.78 bits per heavy atom. The first-order valence-corrected chi connectivity index (χ1v) is 6.46. The molecule has 0 spiro atoms. The van der Waals surface area contributed by atoms with Gasteiger partial charge in [0.25, 0.3) is 0 Å². The quantitative estimate of drug-likeness (QED) is 0.849. The average molecular weight is 271 g/mol. The van der Waals surface area contributed by atoms with Crippen molar-refractivity contribution in [3.8, 4) is 0 Å². The summed E-state index contributed by atoms with van der Waals surface area (Å²) < 4.78 is 13.0. The van der Waals surface area contributed by atoms with Gasteiger partial charge in [0, 0.05) is 44.7 Å². The number of Topliss-reactive ketones (excluding diaryl/α,β-unsaturated/α-hetero) is 1. The van der Waals surface area contributed by atoms with Crippen LogP contribution in [-0.2, 0) is 0 Å². The van der Waals surface area contributed by atoms with Crippen LogP contribution in [0.5, 0.6) is 0 Å². The molecule has 1 fully saturated rings. The molecule has 0 aliphatic carbocycles. The predicted octanol–water partition coefficient (Wildman–Crippen LogP) is 1.96. The molecule has 1 saturated heterocycles. The lowest BCUT2D eigenvalue weighted by atomic mass is 10.1. The maximum Gasteiger partial charge on any atom is 0.164 e. The molecule has 3 nitrogen and oxygen atoms in total. The second-order valence-corrected chi connectivity index (χ2v) is 4.80. The van der Waals surface area contributed by atoms with Gasteiger partial charge in [0.05, 0.1) is 5.02 Å². The summed E-state index contributed by atoms with van der Waals surface area (Å²) >= 11 is 5.66. The summed E-state index contributed by atoms with van der Waals surface area (Å²) in [6, 6.07) is 4.12. The fourth-order valence-electron chi connectivity index (χ4n) is 2.01. The molecule has 2 rings (SSSR count). The number of halogens is 2. The fourth-order valence-corrected chi connectivity index (χ4v) is 2.19. The molecule has 0 radical (unpaired) electrons. The monoisotopic (exact) mass is 270 g/mol. The molecule has 98 valence electrons. The van der Waals surface area contributed by atoms with Crippen LogP contribution < -0.4 is 5.32 Å². The molecule has 5 heteroatoms. The lowest BCUT2D eigenvalue weighted by Crippen LogP contribution is -2.44. The maximum atomic E-state index is 13.0. The van der Waals surface area contributed by atoms with Crippen molar-refractivity contribution < 1.29 is 9.18 Å². The Bertz CT molecular complexity index is 433. The molecule has 0 unspecified atom stereocenters. The van der Waals surface area contributed by atoms with Gasteiger partial charge in [0.2, 0.25) is 0 Å². The lowest BCUT2D eigenvalue weighted by molar-refractivity contribution is 0.0960. The molecule has 18 heavy (non-hydrogen) atoms. The van der Waals surface area contributed by atoms with Gasteiger partial charge in [-0.05, 0) is 18.2 Å². The Hall–Kier alpha value is -0.970. The van der Waals surface area contributed by atoms with E-state index in [2.05, 4.69) is 10.2 Å². The minimum Gasteiger partial charge on any atom is -0.314 e. The summed E-state index contributed by atoms with van der Waals surface area (Å²) in [5.74, 6) is -0.481. The van der Waals surface area contributed by atoms with Crippen LogP contribution in [0.2, 0.25) is 5.02 Å².